The second-order valence-electron chi connectivity index (χ2n) is 3.45. The third kappa shape index (κ3) is 4.36. The lowest BCUT2D eigenvalue weighted by Crippen LogP contribution is -2.08. The highest BCUT2D eigenvalue weighted by atomic mass is 79.9. The Morgan fingerprint density at radius 3 is 2.94 bits per heavy atom. The summed E-state index contributed by atoms with van der Waals surface area (Å²) in [6.45, 7) is 1.61. The van der Waals surface area contributed by atoms with Gasteiger partial charge in [0.2, 0.25) is 0 Å². The topological polar surface area (TPSA) is 21.3 Å². The molecule has 1 aromatic rings. The van der Waals surface area contributed by atoms with Crippen molar-refractivity contribution >= 4 is 27.7 Å². The molecule has 0 fully saturated rings. The Labute approximate surface area is 110 Å². The number of hydrogen-bond donors (Lipinski definition) is 1. The van der Waals surface area contributed by atoms with Gasteiger partial charge in [-0.3, -0.25) is 0 Å². The molecule has 0 amide bonds. The van der Waals surface area contributed by atoms with Crippen LogP contribution in [0.2, 0.25) is 0 Å². The van der Waals surface area contributed by atoms with E-state index in [0.29, 0.717) is 0 Å². The molecular weight excluding hydrogens is 286 g/mol. The molecule has 0 spiro atoms. The maximum absolute atomic E-state index is 5.82. The highest BCUT2D eigenvalue weighted by Gasteiger charge is 2.06. The number of rotatable bonds is 7. The summed E-state index contributed by atoms with van der Waals surface area (Å²) >= 11 is 5.38. The van der Waals surface area contributed by atoms with E-state index in [1.54, 1.807) is 0 Å². The first-order valence-corrected chi connectivity index (χ1v) is 7.52. The molecule has 4 heteroatoms. The molecule has 0 saturated heterocycles. The van der Waals surface area contributed by atoms with Gasteiger partial charge in [-0.25, -0.2) is 0 Å². The van der Waals surface area contributed by atoms with Gasteiger partial charge in [0.05, 0.1) is 11.1 Å². The van der Waals surface area contributed by atoms with E-state index in [-0.39, 0.29) is 0 Å². The molecule has 0 radical (unpaired) electrons. The van der Waals surface area contributed by atoms with E-state index in [0.717, 1.165) is 35.5 Å². The van der Waals surface area contributed by atoms with E-state index >= 15 is 0 Å². The van der Waals surface area contributed by atoms with Gasteiger partial charge in [0.25, 0.3) is 0 Å². The highest BCUT2D eigenvalue weighted by molar-refractivity contribution is 9.10. The second-order valence-corrected chi connectivity index (χ2v) is 5.29. The second kappa shape index (κ2) is 7.98. The van der Waals surface area contributed by atoms with Gasteiger partial charge in [0.15, 0.2) is 0 Å². The minimum Gasteiger partial charge on any atom is -0.492 e. The predicted molar refractivity (Wildman–Crippen MR) is 75.4 cm³/mol. The van der Waals surface area contributed by atoms with Crippen LogP contribution in [0.25, 0.3) is 0 Å². The number of ether oxygens (including phenoxy) is 1. The van der Waals surface area contributed by atoms with Crippen LogP contribution in [-0.2, 0) is 6.54 Å². The SMILES string of the molecule is CNCc1cccc(Br)c1OCCCSC. The van der Waals surface area contributed by atoms with Crippen molar-refractivity contribution in [1.29, 1.82) is 0 Å². The van der Waals surface area contributed by atoms with Crippen LogP contribution < -0.4 is 10.1 Å². The maximum Gasteiger partial charge on any atom is 0.137 e. The summed E-state index contributed by atoms with van der Waals surface area (Å²) in [5.41, 5.74) is 1.20. The van der Waals surface area contributed by atoms with Crippen LogP contribution in [0.3, 0.4) is 0 Å². The summed E-state index contributed by atoms with van der Waals surface area (Å²) in [6.07, 6.45) is 3.20. The molecule has 1 rings (SSSR count). The lowest BCUT2D eigenvalue weighted by atomic mass is 10.2. The molecule has 0 aromatic heterocycles. The molecule has 0 atom stereocenters. The lowest BCUT2D eigenvalue weighted by Gasteiger charge is -2.12. The Kier molecular flexibility index (Phi) is 6.92. The van der Waals surface area contributed by atoms with Crippen LogP contribution in [-0.4, -0.2) is 25.7 Å². The van der Waals surface area contributed by atoms with Crippen molar-refractivity contribution in [1.82, 2.24) is 5.32 Å². The molecule has 0 saturated carbocycles. The average molecular weight is 304 g/mol. The van der Waals surface area contributed by atoms with E-state index in [1.807, 2.05) is 30.9 Å². The number of thioether (sulfide) groups is 1. The van der Waals surface area contributed by atoms with Crippen molar-refractivity contribution < 1.29 is 4.74 Å². The Morgan fingerprint density at radius 2 is 2.25 bits per heavy atom. The first-order valence-electron chi connectivity index (χ1n) is 5.33. The molecule has 0 unspecified atom stereocenters. The Hall–Kier alpha value is -0.190. The summed E-state index contributed by atoms with van der Waals surface area (Å²) in [5, 5.41) is 3.15. The van der Waals surface area contributed by atoms with Crippen molar-refractivity contribution in [2.24, 2.45) is 0 Å². The van der Waals surface area contributed by atoms with Crippen LogP contribution in [0.4, 0.5) is 0 Å². The van der Waals surface area contributed by atoms with E-state index in [2.05, 4.69) is 33.6 Å². The van der Waals surface area contributed by atoms with E-state index < -0.39 is 0 Å². The number of nitrogens with one attached hydrogen (secondary N) is 1. The van der Waals surface area contributed by atoms with Crippen molar-refractivity contribution in [2.45, 2.75) is 13.0 Å². The smallest absolute Gasteiger partial charge is 0.137 e. The zero-order chi connectivity index (χ0) is 11.8. The third-order valence-corrected chi connectivity index (χ3v) is 3.48. The molecule has 0 aliphatic rings. The monoisotopic (exact) mass is 303 g/mol. The average Bonchev–Trinajstić information content (AvgIpc) is 2.28. The summed E-state index contributed by atoms with van der Waals surface area (Å²) in [6, 6.07) is 6.14. The maximum atomic E-state index is 5.82. The van der Waals surface area contributed by atoms with Gasteiger partial charge in [-0.1, -0.05) is 12.1 Å². The fourth-order valence-corrected chi connectivity index (χ4v) is 2.35. The summed E-state index contributed by atoms with van der Waals surface area (Å²) < 4.78 is 6.85. The van der Waals surface area contributed by atoms with Crippen molar-refractivity contribution in [3.05, 3.63) is 28.2 Å². The number of benzene rings is 1. The number of hydrogen-bond acceptors (Lipinski definition) is 3. The number of halogens is 1. The zero-order valence-electron chi connectivity index (χ0n) is 9.75. The molecule has 1 aromatic carbocycles. The molecular formula is C12H18BrNOS. The van der Waals surface area contributed by atoms with Crippen LogP contribution in [0.15, 0.2) is 22.7 Å². The summed E-state index contributed by atoms with van der Waals surface area (Å²) in [4.78, 5) is 0. The quantitative estimate of drug-likeness (QED) is 0.781. The third-order valence-electron chi connectivity index (χ3n) is 2.15. The lowest BCUT2D eigenvalue weighted by molar-refractivity contribution is 0.313. The van der Waals surface area contributed by atoms with E-state index in [1.165, 1.54) is 5.56 Å². The van der Waals surface area contributed by atoms with Crippen molar-refractivity contribution in [2.75, 3.05) is 25.7 Å². The Bertz CT molecular complexity index is 320. The van der Waals surface area contributed by atoms with Crippen LogP contribution >= 0.6 is 27.7 Å². The van der Waals surface area contributed by atoms with Crippen LogP contribution in [0.5, 0.6) is 5.75 Å². The summed E-state index contributed by atoms with van der Waals surface area (Å²) in [5.74, 6) is 2.11. The molecule has 0 heterocycles. The van der Waals surface area contributed by atoms with Gasteiger partial charge in [-0.2, -0.15) is 11.8 Å². The molecule has 1 N–H and O–H groups in total. The minimum atomic E-state index is 0.778. The predicted octanol–water partition coefficient (Wildman–Crippen LogP) is 3.30. The van der Waals surface area contributed by atoms with E-state index in [9.17, 15) is 0 Å². The van der Waals surface area contributed by atoms with Gasteiger partial charge < -0.3 is 10.1 Å². The van der Waals surface area contributed by atoms with Gasteiger partial charge in [-0.05, 0) is 47.5 Å². The molecule has 2 nitrogen and oxygen atoms in total. The number of para-hydroxylation sites is 1. The van der Waals surface area contributed by atoms with Crippen molar-refractivity contribution in [3.63, 3.8) is 0 Å². The fraction of sp³-hybridized carbons (Fsp3) is 0.500. The van der Waals surface area contributed by atoms with Crippen LogP contribution in [0, 0.1) is 0 Å². The zero-order valence-corrected chi connectivity index (χ0v) is 12.2. The molecule has 0 aliphatic carbocycles. The minimum absolute atomic E-state index is 0.778. The molecule has 90 valence electrons. The summed E-state index contributed by atoms with van der Waals surface area (Å²) in [7, 11) is 1.94. The standard InChI is InChI=1S/C12H18BrNOS/c1-14-9-10-5-3-6-11(13)12(10)15-7-4-8-16-2/h3,5-6,14H,4,7-9H2,1-2H3. The molecule has 16 heavy (non-hydrogen) atoms. The first-order chi connectivity index (χ1) is 7.79. The van der Waals surface area contributed by atoms with Crippen molar-refractivity contribution in [3.8, 4) is 5.75 Å². The first kappa shape index (κ1) is 13.9. The van der Waals surface area contributed by atoms with Crippen LogP contribution in [0.1, 0.15) is 12.0 Å². The molecule has 0 aliphatic heterocycles. The normalized spacial score (nSPS) is 10.4. The Balaban J connectivity index is 2.61. The van der Waals surface area contributed by atoms with Gasteiger partial charge in [0, 0.05) is 12.1 Å². The van der Waals surface area contributed by atoms with E-state index in [4.69, 9.17) is 4.74 Å². The molecule has 0 bridgehead atoms. The van der Waals surface area contributed by atoms with Gasteiger partial charge >= 0.3 is 0 Å². The fourth-order valence-electron chi connectivity index (χ4n) is 1.42. The largest absolute Gasteiger partial charge is 0.492 e. The van der Waals surface area contributed by atoms with Gasteiger partial charge in [0.1, 0.15) is 5.75 Å². The van der Waals surface area contributed by atoms with Gasteiger partial charge in [-0.15, -0.1) is 0 Å². The Morgan fingerprint density at radius 1 is 1.44 bits per heavy atom. The highest BCUT2D eigenvalue weighted by Crippen LogP contribution is 2.29.